The Labute approximate surface area is 194 Å². The summed E-state index contributed by atoms with van der Waals surface area (Å²) < 4.78 is 12.7. The van der Waals surface area contributed by atoms with Crippen molar-refractivity contribution in [1.29, 1.82) is 0 Å². The first-order valence-electron chi connectivity index (χ1n) is 9.65. The fraction of sp³-hybridized carbons (Fsp3) is 0.227. The van der Waals surface area contributed by atoms with Gasteiger partial charge in [-0.25, -0.2) is 4.98 Å². The Morgan fingerprint density at radius 1 is 1.23 bits per heavy atom. The highest BCUT2D eigenvalue weighted by Crippen LogP contribution is 2.36. The van der Waals surface area contributed by atoms with Crippen LogP contribution in [0, 0.1) is 5.92 Å². The number of anilines is 1. The van der Waals surface area contributed by atoms with Crippen LogP contribution in [-0.4, -0.2) is 33.9 Å². The number of para-hydroxylation sites is 1. The van der Waals surface area contributed by atoms with Gasteiger partial charge in [0, 0.05) is 0 Å². The Bertz CT molecular complexity index is 1140. The molecular weight excluding hydrogens is 450 g/mol. The summed E-state index contributed by atoms with van der Waals surface area (Å²) in [6.45, 7) is 4.78. The minimum Gasteiger partial charge on any atom is -0.493 e. The van der Waals surface area contributed by atoms with E-state index in [9.17, 15) is 4.79 Å². The average Bonchev–Trinajstić information content (AvgIpc) is 3.28. The van der Waals surface area contributed by atoms with E-state index >= 15 is 0 Å². The fourth-order valence-corrected chi connectivity index (χ4v) is 4.91. The Balaban J connectivity index is 1.52. The first-order chi connectivity index (χ1) is 14.9. The number of methoxy groups -OCH3 is 1. The van der Waals surface area contributed by atoms with Gasteiger partial charge in [-0.15, -0.1) is 0 Å². The number of carbonyl (C=O) groups is 1. The van der Waals surface area contributed by atoms with Crippen LogP contribution in [0.1, 0.15) is 19.4 Å². The van der Waals surface area contributed by atoms with Crippen molar-refractivity contribution in [1.82, 2.24) is 9.99 Å². The lowest BCUT2D eigenvalue weighted by molar-refractivity contribution is -0.121. The van der Waals surface area contributed by atoms with Crippen molar-refractivity contribution >= 4 is 67.0 Å². The molecule has 0 spiro atoms. The van der Waals surface area contributed by atoms with E-state index in [1.165, 1.54) is 28.1 Å². The molecule has 0 radical (unpaired) electrons. The van der Waals surface area contributed by atoms with Gasteiger partial charge in [-0.3, -0.25) is 10.2 Å². The molecule has 160 valence electrons. The highest BCUT2D eigenvalue weighted by Gasteiger charge is 2.33. The average molecular weight is 472 g/mol. The van der Waals surface area contributed by atoms with Crippen LogP contribution >= 0.6 is 35.3 Å². The second-order valence-electron chi connectivity index (χ2n) is 7.23. The second-order valence-corrected chi connectivity index (χ2v) is 9.94. The number of ether oxygens (including phenoxy) is 2. The van der Waals surface area contributed by atoms with Crippen LogP contribution in [0.4, 0.5) is 5.13 Å². The number of thioether (sulfide) groups is 1. The fourth-order valence-electron chi connectivity index (χ4n) is 2.88. The van der Waals surface area contributed by atoms with Crippen molar-refractivity contribution in [3.63, 3.8) is 0 Å². The molecule has 1 N–H and O–H groups in total. The molecule has 1 aromatic heterocycles. The Kier molecular flexibility index (Phi) is 6.45. The summed E-state index contributed by atoms with van der Waals surface area (Å²) in [4.78, 5) is 18.0. The van der Waals surface area contributed by atoms with Crippen LogP contribution in [0.15, 0.2) is 47.4 Å². The van der Waals surface area contributed by atoms with Gasteiger partial charge in [-0.05, 0) is 54.0 Å². The number of nitrogens with one attached hydrogen (secondary N) is 1. The number of aromatic nitrogens is 1. The van der Waals surface area contributed by atoms with Gasteiger partial charge in [0.2, 0.25) is 5.13 Å². The molecule has 1 aliphatic rings. The monoisotopic (exact) mass is 471 g/mol. The summed E-state index contributed by atoms with van der Waals surface area (Å²) in [5, 5.41) is 1.98. The molecule has 4 rings (SSSR count). The lowest BCUT2D eigenvalue weighted by Crippen LogP contribution is -2.33. The third-order valence-corrected chi connectivity index (χ3v) is 6.60. The summed E-state index contributed by atoms with van der Waals surface area (Å²) in [6.07, 6.45) is 1.80. The van der Waals surface area contributed by atoms with Crippen LogP contribution < -0.4 is 14.9 Å². The molecule has 2 aromatic carbocycles. The molecule has 0 unspecified atom stereocenters. The van der Waals surface area contributed by atoms with E-state index in [0.717, 1.165) is 15.8 Å². The maximum Gasteiger partial charge on any atom is 0.285 e. The number of amides is 1. The highest BCUT2D eigenvalue weighted by molar-refractivity contribution is 8.26. The van der Waals surface area contributed by atoms with E-state index in [-0.39, 0.29) is 5.91 Å². The quantitative estimate of drug-likeness (QED) is 0.357. The van der Waals surface area contributed by atoms with Crippen molar-refractivity contribution < 1.29 is 14.3 Å². The number of thiazole rings is 1. The van der Waals surface area contributed by atoms with Crippen LogP contribution in [0.25, 0.3) is 16.3 Å². The van der Waals surface area contributed by atoms with Crippen LogP contribution in [0.2, 0.25) is 0 Å². The SMILES string of the molecule is COc1cc(C=C2SC(=S)N(Nc3nc4ccccc4s3)C2=O)ccc1OCC(C)C. The van der Waals surface area contributed by atoms with Crippen LogP contribution in [0.3, 0.4) is 0 Å². The van der Waals surface area contributed by atoms with E-state index in [0.29, 0.717) is 38.4 Å². The molecule has 3 aromatic rings. The number of rotatable bonds is 7. The van der Waals surface area contributed by atoms with Gasteiger partial charge in [-0.2, -0.15) is 5.01 Å². The van der Waals surface area contributed by atoms with Gasteiger partial charge in [-0.1, -0.05) is 55.1 Å². The molecule has 1 amide bonds. The van der Waals surface area contributed by atoms with Crippen molar-refractivity contribution in [2.45, 2.75) is 13.8 Å². The second kappa shape index (κ2) is 9.25. The zero-order chi connectivity index (χ0) is 22.0. The minimum atomic E-state index is -0.214. The largest absolute Gasteiger partial charge is 0.493 e. The number of benzene rings is 2. The molecule has 6 nitrogen and oxygen atoms in total. The summed E-state index contributed by atoms with van der Waals surface area (Å²) in [6, 6.07) is 13.4. The normalized spacial score (nSPS) is 15.4. The summed E-state index contributed by atoms with van der Waals surface area (Å²) in [7, 11) is 1.60. The Morgan fingerprint density at radius 3 is 2.77 bits per heavy atom. The van der Waals surface area contributed by atoms with Crippen molar-refractivity contribution in [2.75, 3.05) is 19.1 Å². The molecular formula is C22H21N3O3S3. The maximum absolute atomic E-state index is 12.9. The van der Waals surface area contributed by atoms with E-state index in [1.807, 2.05) is 42.5 Å². The first kappa shape index (κ1) is 21.6. The third-order valence-electron chi connectivity index (χ3n) is 4.35. The molecule has 0 aliphatic carbocycles. The molecule has 0 atom stereocenters. The summed E-state index contributed by atoms with van der Waals surface area (Å²) in [5.74, 6) is 1.50. The number of hydrogen-bond donors (Lipinski definition) is 1. The maximum atomic E-state index is 12.9. The van der Waals surface area contributed by atoms with Gasteiger partial charge in [0.15, 0.2) is 15.8 Å². The number of carbonyl (C=O) groups excluding carboxylic acids is 1. The molecule has 0 saturated carbocycles. The number of fused-ring (bicyclic) bond motifs is 1. The van der Waals surface area contributed by atoms with Crippen molar-refractivity contribution in [3.05, 3.63) is 52.9 Å². The van der Waals surface area contributed by atoms with E-state index in [1.54, 1.807) is 13.2 Å². The van der Waals surface area contributed by atoms with Gasteiger partial charge in [0.25, 0.3) is 5.91 Å². The smallest absolute Gasteiger partial charge is 0.285 e. The third kappa shape index (κ3) is 4.84. The molecule has 1 aliphatic heterocycles. The van der Waals surface area contributed by atoms with Gasteiger partial charge >= 0.3 is 0 Å². The van der Waals surface area contributed by atoms with Gasteiger partial charge in [0.1, 0.15) is 0 Å². The summed E-state index contributed by atoms with van der Waals surface area (Å²) >= 11 is 8.13. The van der Waals surface area contributed by atoms with Gasteiger partial charge < -0.3 is 9.47 Å². The van der Waals surface area contributed by atoms with Crippen LogP contribution in [0.5, 0.6) is 11.5 Å². The van der Waals surface area contributed by atoms with Crippen LogP contribution in [-0.2, 0) is 4.79 Å². The molecule has 9 heteroatoms. The number of thiocarbonyl (C=S) groups is 1. The number of hydrazine groups is 1. The predicted octanol–water partition coefficient (Wildman–Crippen LogP) is 5.57. The number of hydrogen-bond acceptors (Lipinski definition) is 8. The molecule has 0 bridgehead atoms. The lowest BCUT2D eigenvalue weighted by Gasteiger charge is -2.14. The van der Waals surface area contributed by atoms with E-state index in [4.69, 9.17) is 21.7 Å². The van der Waals surface area contributed by atoms with E-state index < -0.39 is 0 Å². The minimum absolute atomic E-state index is 0.214. The first-order valence-corrected chi connectivity index (χ1v) is 11.7. The predicted molar refractivity (Wildman–Crippen MR) is 132 cm³/mol. The van der Waals surface area contributed by atoms with Crippen molar-refractivity contribution in [2.24, 2.45) is 5.92 Å². The number of nitrogens with zero attached hydrogens (tertiary/aromatic N) is 2. The lowest BCUT2D eigenvalue weighted by atomic mass is 10.2. The zero-order valence-corrected chi connectivity index (χ0v) is 19.7. The highest BCUT2D eigenvalue weighted by atomic mass is 32.2. The zero-order valence-electron chi connectivity index (χ0n) is 17.2. The molecule has 31 heavy (non-hydrogen) atoms. The molecule has 2 heterocycles. The topological polar surface area (TPSA) is 63.7 Å². The Hall–Kier alpha value is -2.62. The van der Waals surface area contributed by atoms with Gasteiger partial charge in [0.05, 0.1) is 28.8 Å². The summed E-state index contributed by atoms with van der Waals surface area (Å²) in [5.41, 5.74) is 4.75. The standard InChI is InChI=1S/C22H21N3O3S3/c1-13(2)12-28-16-9-8-14(10-17(16)27-3)11-19-20(26)25(22(29)31-19)24-21-23-15-6-4-5-7-18(15)30-21/h4-11,13H,12H2,1-3H3,(H,23,24). The van der Waals surface area contributed by atoms with E-state index in [2.05, 4.69) is 24.3 Å². The molecule has 1 fully saturated rings. The van der Waals surface area contributed by atoms with Crippen molar-refractivity contribution in [3.8, 4) is 11.5 Å². The Morgan fingerprint density at radius 2 is 2.03 bits per heavy atom. The molecule has 1 saturated heterocycles.